The predicted octanol–water partition coefficient (Wildman–Crippen LogP) is 4.99. The molecule has 100 valence electrons. The van der Waals surface area contributed by atoms with Crippen molar-refractivity contribution >= 4 is 45.5 Å². The summed E-state index contributed by atoms with van der Waals surface area (Å²) in [7, 11) is 0. The summed E-state index contributed by atoms with van der Waals surface area (Å²) in [6.45, 7) is 3.68. The van der Waals surface area contributed by atoms with E-state index >= 15 is 0 Å². The number of unbranched alkanes of at least 4 members (excludes halogenated alkanes) is 6. The molecule has 0 radical (unpaired) electrons. The molecule has 0 spiro atoms. The van der Waals surface area contributed by atoms with Crippen LogP contribution in [-0.2, 0) is 9.22 Å². The molecule has 0 aromatic carbocycles. The van der Waals surface area contributed by atoms with Crippen LogP contribution >= 0.6 is 33.2 Å². The zero-order valence-electron chi connectivity index (χ0n) is 9.89. The van der Waals surface area contributed by atoms with Crippen LogP contribution in [0, 0.1) is 0 Å². The SMILES string of the molecule is C=CCCCCCCCCC(=O)O[Si](Cl)(Cl)Cl. The Morgan fingerprint density at radius 3 is 2.12 bits per heavy atom. The van der Waals surface area contributed by atoms with E-state index < -0.39 is 12.2 Å². The molecule has 0 heterocycles. The summed E-state index contributed by atoms with van der Waals surface area (Å²) in [4.78, 5) is 11.2. The van der Waals surface area contributed by atoms with Crippen molar-refractivity contribution in [1.29, 1.82) is 0 Å². The highest BCUT2D eigenvalue weighted by Gasteiger charge is 2.32. The summed E-state index contributed by atoms with van der Waals surface area (Å²) < 4.78 is 4.68. The lowest BCUT2D eigenvalue weighted by atomic mass is 10.1. The van der Waals surface area contributed by atoms with Gasteiger partial charge in [0, 0.05) is 6.42 Å². The second-order valence-corrected chi connectivity index (χ2v) is 11.5. The van der Waals surface area contributed by atoms with Crippen molar-refractivity contribution in [2.75, 3.05) is 0 Å². The Balaban J connectivity index is 3.28. The third kappa shape index (κ3) is 14.2. The van der Waals surface area contributed by atoms with Crippen molar-refractivity contribution in [3.63, 3.8) is 0 Å². The van der Waals surface area contributed by atoms with Gasteiger partial charge in [0.25, 0.3) is 5.97 Å². The number of halogens is 3. The van der Waals surface area contributed by atoms with E-state index in [1.807, 2.05) is 6.08 Å². The molecule has 0 rings (SSSR count). The molecule has 0 aliphatic carbocycles. The highest BCUT2D eigenvalue weighted by molar-refractivity contribution is 7.62. The van der Waals surface area contributed by atoms with Gasteiger partial charge in [-0.15, -0.1) is 6.58 Å². The highest BCUT2D eigenvalue weighted by atomic mass is 35.8. The second-order valence-electron chi connectivity index (χ2n) is 3.87. The fourth-order valence-corrected chi connectivity index (χ4v) is 2.58. The Morgan fingerprint density at radius 2 is 1.59 bits per heavy atom. The molecule has 0 aliphatic rings. The normalized spacial score (nSPS) is 11.2. The molecule has 0 aromatic heterocycles. The van der Waals surface area contributed by atoms with Crippen LogP contribution in [0.4, 0.5) is 0 Å². The average molecular weight is 318 g/mol. The first-order chi connectivity index (χ1) is 7.95. The predicted molar refractivity (Wildman–Crippen MR) is 76.5 cm³/mol. The topological polar surface area (TPSA) is 26.3 Å². The number of hydrogen-bond acceptors (Lipinski definition) is 2. The molecular weight excluding hydrogens is 299 g/mol. The van der Waals surface area contributed by atoms with E-state index in [0.29, 0.717) is 6.42 Å². The van der Waals surface area contributed by atoms with Crippen LogP contribution in [0.15, 0.2) is 12.7 Å². The van der Waals surface area contributed by atoms with Crippen LogP contribution in [0.1, 0.15) is 51.4 Å². The standard InChI is InChI=1S/C11H19Cl3O2Si/c1-2-3-4-5-6-7-8-9-10-11(15)16-17(12,13)14/h2H,1,3-10H2. The smallest absolute Gasteiger partial charge is 0.481 e. The molecule has 0 saturated heterocycles. The average Bonchev–Trinajstić information content (AvgIpc) is 2.19. The first-order valence-corrected chi connectivity index (χ1v) is 10.8. The Bertz CT molecular complexity index is 229. The van der Waals surface area contributed by atoms with E-state index in [9.17, 15) is 4.79 Å². The molecule has 0 atom stereocenters. The minimum atomic E-state index is -3.25. The van der Waals surface area contributed by atoms with Crippen molar-refractivity contribution in [2.45, 2.75) is 51.4 Å². The molecule has 0 bridgehead atoms. The fraction of sp³-hybridized carbons (Fsp3) is 0.727. The van der Waals surface area contributed by atoms with E-state index in [4.69, 9.17) is 33.2 Å². The minimum Gasteiger partial charge on any atom is -0.481 e. The summed E-state index contributed by atoms with van der Waals surface area (Å²) in [5.74, 6) is -0.400. The summed E-state index contributed by atoms with van der Waals surface area (Å²) in [6, 6.07) is 0. The summed E-state index contributed by atoms with van der Waals surface area (Å²) in [5.41, 5.74) is 0. The number of hydrogen-bond donors (Lipinski definition) is 0. The van der Waals surface area contributed by atoms with Gasteiger partial charge in [0.1, 0.15) is 0 Å². The maximum Gasteiger partial charge on any atom is 0.557 e. The maximum atomic E-state index is 11.2. The third-order valence-electron chi connectivity index (χ3n) is 2.27. The summed E-state index contributed by atoms with van der Waals surface area (Å²) in [5, 5.41) is 0. The Hall–Kier alpha value is 0.297. The largest absolute Gasteiger partial charge is 0.557 e. The van der Waals surface area contributed by atoms with Gasteiger partial charge < -0.3 is 4.43 Å². The number of carbonyl (C=O) groups is 1. The van der Waals surface area contributed by atoms with Crippen LogP contribution in [0.3, 0.4) is 0 Å². The van der Waals surface area contributed by atoms with Gasteiger partial charge in [-0.25, -0.2) is 0 Å². The first-order valence-electron chi connectivity index (χ1n) is 5.85. The summed E-state index contributed by atoms with van der Waals surface area (Å²) >= 11 is 16.4. The van der Waals surface area contributed by atoms with Gasteiger partial charge in [0.2, 0.25) is 0 Å². The Labute approximate surface area is 119 Å². The van der Waals surface area contributed by atoms with Crippen LogP contribution in [0.5, 0.6) is 0 Å². The van der Waals surface area contributed by atoms with Gasteiger partial charge in [-0.1, -0.05) is 65.0 Å². The van der Waals surface area contributed by atoms with Crippen LogP contribution < -0.4 is 0 Å². The third-order valence-corrected chi connectivity index (χ3v) is 3.42. The molecule has 6 heteroatoms. The minimum absolute atomic E-state index is 0.341. The van der Waals surface area contributed by atoms with Crippen molar-refractivity contribution in [1.82, 2.24) is 0 Å². The lowest BCUT2D eigenvalue weighted by Gasteiger charge is -2.09. The molecule has 0 saturated carbocycles. The van der Waals surface area contributed by atoms with E-state index in [1.165, 1.54) is 19.3 Å². The monoisotopic (exact) mass is 316 g/mol. The van der Waals surface area contributed by atoms with E-state index in [2.05, 4.69) is 11.0 Å². The number of carbonyl (C=O) groups excluding carboxylic acids is 1. The molecule has 17 heavy (non-hydrogen) atoms. The number of rotatable bonds is 10. The van der Waals surface area contributed by atoms with Gasteiger partial charge >= 0.3 is 6.25 Å². The number of allylic oxidation sites excluding steroid dienone is 1. The fourth-order valence-electron chi connectivity index (χ4n) is 1.45. The molecule has 0 unspecified atom stereocenters. The van der Waals surface area contributed by atoms with Crippen LogP contribution in [0.2, 0.25) is 0 Å². The molecular formula is C11H19Cl3O2Si. The molecule has 0 aromatic rings. The van der Waals surface area contributed by atoms with Crippen molar-refractivity contribution < 1.29 is 9.22 Å². The van der Waals surface area contributed by atoms with Crippen LogP contribution in [-0.4, -0.2) is 12.2 Å². The lowest BCUT2D eigenvalue weighted by Crippen LogP contribution is -2.21. The van der Waals surface area contributed by atoms with Gasteiger partial charge in [-0.3, -0.25) is 4.79 Å². The Morgan fingerprint density at radius 1 is 1.06 bits per heavy atom. The van der Waals surface area contributed by atoms with Crippen molar-refractivity contribution in [2.24, 2.45) is 0 Å². The Kier molecular flexibility index (Phi) is 10.4. The van der Waals surface area contributed by atoms with Crippen molar-refractivity contribution in [3.05, 3.63) is 12.7 Å². The molecule has 0 fully saturated rings. The quantitative estimate of drug-likeness (QED) is 0.245. The first kappa shape index (κ1) is 17.3. The van der Waals surface area contributed by atoms with Crippen LogP contribution in [0.25, 0.3) is 0 Å². The van der Waals surface area contributed by atoms with E-state index in [1.54, 1.807) is 0 Å². The maximum absolute atomic E-state index is 11.2. The molecule has 2 nitrogen and oxygen atoms in total. The van der Waals surface area contributed by atoms with Gasteiger partial charge in [0.15, 0.2) is 0 Å². The van der Waals surface area contributed by atoms with Gasteiger partial charge in [-0.05, 0) is 19.3 Å². The van der Waals surface area contributed by atoms with Gasteiger partial charge in [0.05, 0.1) is 0 Å². The molecule has 0 amide bonds. The molecule has 0 aliphatic heterocycles. The second kappa shape index (κ2) is 10.2. The van der Waals surface area contributed by atoms with Crippen molar-refractivity contribution in [3.8, 4) is 0 Å². The summed E-state index contributed by atoms with van der Waals surface area (Å²) in [6.07, 6.45) is 6.68. The van der Waals surface area contributed by atoms with Gasteiger partial charge in [-0.2, -0.15) is 0 Å². The zero-order chi connectivity index (χ0) is 13.1. The lowest BCUT2D eigenvalue weighted by molar-refractivity contribution is -0.134. The van der Waals surface area contributed by atoms with E-state index in [0.717, 1.165) is 25.7 Å². The highest BCUT2D eigenvalue weighted by Crippen LogP contribution is 2.22. The molecule has 0 N–H and O–H groups in total. The van der Waals surface area contributed by atoms with E-state index in [-0.39, 0.29) is 0 Å². The zero-order valence-corrected chi connectivity index (χ0v) is 13.2.